The van der Waals surface area contributed by atoms with E-state index in [1.165, 1.54) is 0 Å². The van der Waals surface area contributed by atoms with Gasteiger partial charge in [0.1, 0.15) is 0 Å². The summed E-state index contributed by atoms with van der Waals surface area (Å²) in [7, 11) is 0. The van der Waals surface area contributed by atoms with Crippen LogP contribution < -0.4 is 5.73 Å². The van der Waals surface area contributed by atoms with Gasteiger partial charge in [0.15, 0.2) is 5.82 Å². The third-order valence-corrected chi connectivity index (χ3v) is 3.52. The van der Waals surface area contributed by atoms with E-state index >= 15 is 0 Å². The maximum Gasteiger partial charge on any atom is 0.231 e. The van der Waals surface area contributed by atoms with Gasteiger partial charge in [-0.25, -0.2) is 0 Å². The molecule has 0 aliphatic carbocycles. The van der Waals surface area contributed by atoms with Gasteiger partial charge >= 0.3 is 0 Å². The Morgan fingerprint density at radius 2 is 1.76 bits per heavy atom. The summed E-state index contributed by atoms with van der Waals surface area (Å²) >= 11 is 6.13. The van der Waals surface area contributed by atoms with Gasteiger partial charge in [-0.1, -0.05) is 47.1 Å². The van der Waals surface area contributed by atoms with E-state index in [0.29, 0.717) is 29.6 Å². The molecule has 3 aromatic rings. The molecule has 1 heterocycles. The highest BCUT2D eigenvalue weighted by molar-refractivity contribution is 6.31. The minimum absolute atomic E-state index is 0.560. The maximum absolute atomic E-state index is 6.13. The number of aromatic nitrogens is 2. The zero-order chi connectivity index (χ0) is 14.7. The smallest absolute Gasteiger partial charge is 0.231 e. The zero-order valence-electron chi connectivity index (χ0n) is 11.3. The molecule has 1 aromatic heterocycles. The van der Waals surface area contributed by atoms with Crippen LogP contribution in [0.1, 0.15) is 22.8 Å². The number of benzene rings is 2. The second kappa shape index (κ2) is 5.97. The summed E-state index contributed by atoms with van der Waals surface area (Å²) in [6, 6.07) is 15.3. The predicted molar refractivity (Wildman–Crippen MR) is 82.2 cm³/mol. The lowest BCUT2D eigenvalue weighted by Crippen LogP contribution is -1.93. The summed E-state index contributed by atoms with van der Waals surface area (Å²) in [5.74, 6) is 1.22. The molecule has 21 heavy (non-hydrogen) atoms. The highest BCUT2D eigenvalue weighted by atomic mass is 35.5. The van der Waals surface area contributed by atoms with Crippen LogP contribution in [0.4, 0.5) is 5.69 Å². The molecule has 0 saturated carbocycles. The molecule has 2 aromatic carbocycles. The van der Waals surface area contributed by atoms with E-state index in [9.17, 15) is 0 Å². The van der Waals surface area contributed by atoms with E-state index in [1.807, 2.05) is 48.5 Å². The van der Waals surface area contributed by atoms with E-state index in [2.05, 4.69) is 10.1 Å². The number of rotatable bonds is 4. The Labute approximate surface area is 127 Å². The third-order valence-electron chi connectivity index (χ3n) is 3.15. The van der Waals surface area contributed by atoms with Crippen molar-refractivity contribution in [1.82, 2.24) is 10.1 Å². The second-order valence-electron chi connectivity index (χ2n) is 4.79. The van der Waals surface area contributed by atoms with Crippen LogP contribution in [0.15, 0.2) is 53.1 Å². The second-order valence-corrected chi connectivity index (χ2v) is 5.20. The van der Waals surface area contributed by atoms with E-state index in [-0.39, 0.29) is 0 Å². The largest absolute Gasteiger partial charge is 0.399 e. The molecule has 0 radical (unpaired) electrons. The molecule has 0 aliphatic heterocycles. The summed E-state index contributed by atoms with van der Waals surface area (Å²) in [5.41, 5.74) is 8.47. The van der Waals surface area contributed by atoms with Crippen LogP contribution in [-0.2, 0) is 12.8 Å². The number of nitrogens with two attached hydrogens (primary N) is 1. The molecule has 0 spiro atoms. The van der Waals surface area contributed by atoms with Gasteiger partial charge in [0.05, 0.1) is 6.42 Å². The summed E-state index contributed by atoms with van der Waals surface area (Å²) in [4.78, 5) is 4.40. The SMILES string of the molecule is Nc1ccc(Cc2nc(Cc3ccccc3Cl)no2)cc1. The van der Waals surface area contributed by atoms with Crippen molar-refractivity contribution in [3.05, 3.63) is 76.4 Å². The molecule has 0 atom stereocenters. The van der Waals surface area contributed by atoms with Crippen LogP contribution in [0.3, 0.4) is 0 Å². The minimum Gasteiger partial charge on any atom is -0.399 e. The number of nitrogen functional groups attached to an aromatic ring is 1. The van der Waals surface area contributed by atoms with Crippen molar-refractivity contribution in [1.29, 1.82) is 0 Å². The van der Waals surface area contributed by atoms with E-state index in [1.54, 1.807) is 0 Å². The van der Waals surface area contributed by atoms with Crippen LogP contribution in [0.5, 0.6) is 0 Å². The topological polar surface area (TPSA) is 64.9 Å². The lowest BCUT2D eigenvalue weighted by molar-refractivity contribution is 0.380. The molecular weight excluding hydrogens is 286 g/mol. The Bertz CT molecular complexity index is 737. The van der Waals surface area contributed by atoms with Crippen LogP contribution in [0.25, 0.3) is 0 Å². The van der Waals surface area contributed by atoms with Gasteiger partial charge in [0.25, 0.3) is 0 Å². The van der Waals surface area contributed by atoms with E-state index < -0.39 is 0 Å². The summed E-state index contributed by atoms with van der Waals surface area (Å²) < 4.78 is 5.28. The number of anilines is 1. The first-order valence-corrected chi connectivity index (χ1v) is 6.98. The fraction of sp³-hybridized carbons (Fsp3) is 0.125. The first-order chi connectivity index (χ1) is 10.2. The summed E-state index contributed by atoms with van der Waals surface area (Å²) in [5, 5.41) is 4.71. The van der Waals surface area contributed by atoms with Gasteiger partial charge in [0.2, 0.25) is 5.89 Å². The normalized spacial score (nSPS) is 10.7. The fourth-order valence-electron chi connectivity index (χ4n) is 2.06. The van der Waals surface area contributed by atoms with Gasteiger partial charge in [-0.15, -0.1) is 0 Å². The molecule has 0 unspecified atom stereocenters. The quantitative estimate of drug-likeness (QED) is 0.749. The molecule has 0 bridgehead atoms. The van der Waals surface area contributed by atoms with Crippen molar-refractivity contribution in [2.24, 2.45) is 0 Å². The molecule has 0 saturated heterocycles. The number of hydrogen-bond donors (Lipinski definition) is 1. The Balaban J connectivity index is 1.72. The fourth-order valence-corrected chi connectivity index (χ4v) is 2.26. The molecule has 0 amide bonds. The highest BCUT2D eigenvalue weighted by Gasteiger charge is 2.09. The van der Waals surface area contributed by atoms with Crippen molar-refractivity contribution in [3.63, 3.8) is 0 Å². The molecule has 0 aliphatic rings. The van der Waals surface area contributed by atoms with E-state index in [0.717, 1.165) is 16.8 Å². The molecule has 3 rings (SSSR count). The standard InChI is InChI=1S/C16H14ClN3O/c17-14-4-2-1-3-12(14)10-15-19-16(21-20-15)9-11-5-7-13(18)8-6-11/h1-8H,9-10,18H2. The predicted octanol–water partition coefficient (Wildman–Crippen LogP) is 3.49. The van der Waals surface area contributed by atoms with Crippen LogP contribution >= 0.6 is 11.6 Å². The Hall–Kier alpha value is -2.33. The molecular formula is C16H14ClN3O. The first kappa shape index (κ1) is 13.6. The Morgan fingerprint density at radius 3 is 2.52 bits per heavy atom. The number of hydrogen-bond acceptors (Lipinski definition) is 4. The Kier molecular flexibility index (Phi) is 3.88. The van der Waals surface area contributed by atoms with E-state index in [4.69, 9.17) is 21.9 Å². The average molecular weight is 300 g/mol. The summed E-state index contributed by atoms with van der Waals surface area (Å²) in [6.07, 6.45) is 1.15. The minimum atomic E-state index is 0.560. The van der Waals surface area contributed by atoms with Crippen molar-refractivity contribution < 1.29 is 4.52 Å². The molecule has 0 fully saturated rings. The van der Waals surface area contributed by atoms with Crippen molar-refractivity contribution in [2.45, 2.75) is 12.8 Å². The van der Waals surface area contributed by atoms with Gasteiger partial charge < -0.3 is 10.3 Å². The monoisotopic (exact) mass is 299 g/mol. The molecule has 4 nitrogen and oxygen atoms in total. The molecule has 106 valence electrons. The lowest BCUT2D eigenvalue weighted by atomic mass is 10.1. The maximum atomic E-state index is 6.13. The zero-order valence-corrected chi connectivity index (χ0v) is 12.0. The van der Waals surface area contributed by atoms with Crippen molar-refractivity contribution in [2.75, 3.05) is 5.73 Å². The van der Waals surface area contributed by atoms with Gasteiger partial charge in [-0.05, 0) is 29.3 Å². The van der Waals surface area contributed by atoms with Crippen molar-refractivity contribution >= 4 is 17.3 Å². The molecule has 2 N–H and O–H groups in total. The van der Waals surface area contributed by atoms with Gasteiger partial charge in [-0.2, -0.15) is 4.98 Å². The molecule has 5 heteroatoms. The number of halogens is 1. The number of nitrogens with zero attached hydrogens (tertiary/aromatic N) is 2. The van der Waals surface area contributed by atoms with Crippen LogP contribution in [0.2, 0.25) is 5.02 Å². The third kappa shape index (κ3) is 3.41. The van der Waals surface area contributed by atoms with Crippen molar-refractivity contribution in [3.8, 4) is 0 Å². The highest BCUT2D eigenvalue weighted by Crippen LogP contribution is 2.18. The lowest BCUT2D eigenvalue weighted by Gasteiger charge is -1.99. The first-order valence-electron chi connectivity index (χ1n) is 6.60. The van der Waals surface area contributed by atoms with Gasteiger partial charge in [-0.3, -0.25) is 0 Å². The van der Waals surface area contributed by atoms with Gasteiger partial charge in [0, 0.05) is 17.1 Å². The van der Waals surface area contributed by atoms with Crippen LogP contribution in [-0.4, -0.2) is 10.1 Å². The summed E-state index contributed by atoms with van der Waals surface area (Å²) in [6.45, 7) is 0. The Morgan fingerprint density at radius 1 is 1.00 bits per heavy atom. The van der Waals surface area contributed by atoms with Crippen LogP contribution in [0, 0.1) is 0 Å². The average Bonchev–Trinajstić information content (AvgIpc) is 2.91.